The Morgan fingerprint density at radius 1 is 0.488 bits per heavy atom. The lowest BCUT2D eigenvalue weighted by Crippen LogP contribution is -2.65. The molecule has 17 unspecified atom stereocenters. The van der Waals surface area contributed by atoms with Gasteiger partial charge in [-0.05, 0) is 214 Å². The number of aliphatic hydroxyl groups is 3. The van der Waals surface area contributed by atoms with E-state index in [1.165, 1.54) is 25.5 Å². The average molecular weight is 1770 g/mol. The molecule has 4 amide bonds. The van der Waals surface area contributed by atoms with Crippen molar-refractivity contribution in [2.45, 2.75) is 336 Å². The smallest absolute Gasteiger partial charge is 0.411 e. The SMILES string of the molecule is CC.CC(=O)/C=C1/CC2COCC(C1O)N2C(=O)OC(C)(C)C.CC(=O)C=C1CC2COCC(C1)N2C.CC(=O)CC1=CC2COCC(C1)N2C(=O)OC(C)(C)C.CC(=O)CC1CC2COCC(C1O)N2C(=O)OC(C)(C)C.CC(=O)CC1CC2COCC(N2)C1O.CC(C)(C)OC(=O)N1C2COCC1CC(=O)C2.CCOC(=O)CP(=O)(OCC)OCC.[HH]. The van der Waals surface area contributed by atoms with Crippen molar-refractivity contribution in [2.24, 2.45) is 11.8 Å². The summed E-state index contributed by atoms with van der Waals surface area (Å²) in [5.41, 5.74) is 0.897. The Kier molecular flexibility index (Phi) is 42.8. The van der Waals surface area contributed by atoms with Crippen LogP contribution in [-0.4, -0.2) is 330 Å². The van der Waals surface area contributed by atoms with E-state index >= 15 is 0 Å². The summed E-state index contributed by atoms with van der Waals surface area (Å²) in [6.45, 7) is 45.6. The molecule has 0 aromatic heterocycles. The maximum absolute atomic E-state index is 12.4. The second kappa shape index (κ2) is 49.2. The summed E-state index contributed by atoms with van der Waals surface area (Å²) < 4.78 is 80.6. The number of rotatable bonds is 15. The number of ether oxygens (including phenoxy) is 11. The lowest BCUT2D eigenvalue weighted by Gasteiger charge is -2.50. The first-order valence-corrected chi connectivity index (χ1v) is 45.3. The van der Waals surface area contributed by atoms with Crippen molar-refractivity contribution < 1.29 is 135 Å². The third-order valence-corrected chi connectivity index (χ3v) is 23.3. The molecule has 0 aromatic carbocycles. The van der Waals surface area contributed by atoms with Crippen LogP contribution in [0.3, 0.4) is 0 Å². The number of fused-ring (bicyclic) bond motifs is 12. The van der Waals surface area contributed by atoms with Gasteiger partial charge in [-0.1, -0.05) is 31.1 Å². The number of aliphatic hydroxyl groups excluding tert-OH is 3. The van der Waals surface area contributed by atoms with Gasteiger partial charge in [-0.15, -0.1) is 0 Å². The molecule has 34 nitrogen and oxygen atoms in total. The molecular weight excluding hydrogens is 1620 g/mol. The van der Waals surface area contributed by atoms with E-state index in [-0.39, 0.29) is 142 Å². The highest BCUT2D eigenvalue weighted by Crippen LogP contribution is 2.48. The monoisotopic (exact) mass is 1770 g/mol. The number of amides is 4. The van der Waals surface area contributed by atoms with Crippen LogP contribution in [0.15, 0.2) is 34.9 Å². The summed E-state index contributed by atoms with van der Waals surface area (Å²) >= 11 is 0. The summed E-state index contributed by atoms with van der Waals surface area (Å²) in [7, 11) is -1.12. The molecular formula is C88H149N6O28P. The van der Waals surface area contributed by atoms with Crippen LogP contribution in [0.2, 0.25) is 0 Å². The number of Topliss-reactive ketones (excluding diaryl/α,β-unsaturated/α-hetero) is 4. The second-order valence-corrected chi connectivity index (χ2v) is 39.1. The van der Waals surface area contributed by atoms with Gasteiger partial charge in [-0.2, -0.15) is 0 Å². The molecule has 12 heterocycles. The predicted molar refractivity (Wildman–Crippen MR) is 458 cm³/mol. The number of nitrogens with zero attached hydrogens (tertiary/aromatic N) is 5. The molecule has 12 aliphatic rings. The van der Waals surface area contributed by atoms with Gasteiger partial charge in [0.15, 0.2) is 11.6 Å². The van der Waals surface area contributed by atoms with E-state index in [4.69, 9.17) is 56.4 Å². The fraction of sp³-hybridized carbons (Fsp3) is 0.807. The van der Waals surface area contributed by atoms with Crippen LogP contribution in [0.25, 0.3) is 0 Å². The fourth-order valence-corrected chi connectivity index (χ4v) is 18.2. The molecule has 12 bridgehead atoms. The summed E-state index contributed by atoms with van der Waals surface area (Å²) in [4.78, 5) is 137. The van der Waals surface area contributed by atoms with E-state index in [0.29, 0.717) is 128 Å². The molecule has 0 spiro atoms. The van der Waals surface area contributed by atoms with Gasteiger partial charge < -0.3 is 91.4 Å². The maximum Gasteiger partial charge on any atom is 0.411 e. The zero-order valence-electron chi connectivity index (χ0n) is 77.4. The van der Waals surface area contributed by atoms with Crippen molar-refractivity contribution in [3.05, 3.63) is 34.9 Å². The molecule has 704 valence electrons. The van der Waals surface area contributed by atoms with Crippen LogP contribution in [0, 0.1) is 11.8 Å². The Hall–Kier alpha value is -6.50. The quantitative estimate of drug-likeness (QED) is 0.0389. The third-order valence-electron chi connectivity index (χ3n) is 21.4. The Morgan fingerprint density at radius 2 is 0.902 bits per heavy atom. The molecule has 0 saturated carbocycles. The van der Waals surface area contributed by atoms with E-state index in [1.54, 1.807) is 88.0 Å². The first kappa shape index (κ1) is 107. The highest BCUT2D eigenvalue weighted by molar-refractivity contribution is 7.54. The van der Waals surface area contributed by atoms with Crippen molar-refractivity contribution >= 4 is 72.6 Å². The highest BCUT2D eigenvalue weighted by Gasteiger charge is 2.51. The van der Waals surface area contributed by atoms with E-state index in [9.17, 15) is 72.6 Å². The molecule has 4 N–H and O–H groups in total. The molecule has 123 heavy (non-hydrogen) atoms. The number of hydrogen-bond acceptors (Lipinski definition) is 30. The highest BCUT2D eigenvalue weighted by atomic mass is 31.2. The van der Waals surface area contributed by atoms with E-state index in [2.05, 4.69) is 22.0 Å². The van der Waals surface area contributed by atoms with E-state index in [1.807, 2.05) is 82.2 Å². The van der Waals surface area contributed by atoms with Crippen molar-refractivity contribution in [3.63, 3.8) is 0 Å². The number of carbonyl (C=O) groups is 11. The second-order valence-electron chi connectivity index (χ2n) is 37.0. The summed E-state index contributed by atoms with van der Waals surface area (Å²) in [6, 6.07) is -0.410. The molecule has 0 aliphatic carbocycles. The molecule has 17 atom stereocenters. The Morgan fingerprint density at radius 3 is 1.36 bits per heavy atom. The number of morpholine rings is 6. The van der Waals surface area contributed by atoms with Crippen molar-refractivity contribution in [1.82, 2.24) is 29.8 Å². The molecule has 0 aromatic rings. The molecule has 12 rings (SSSR count). The van der Waals surface area contributed by atoms with Gasteiger partial charge in [0.25, 0.3) is 0 Å². The van der Waals surface area contributed by atoms with Crippen LogP contribution in [0.1, 0.15) is 224 Å². The van der Waals surface area contributed by atoms with E-state index < -0.39 is 78.6 Å². The first-order valence-electron chi connectivity index (χ1n) is 43.6. The first-order chi connectivity index (χ1) is 57.4. The summed E-state index contributed by atoms with van der Waals surface area (Å²) in [5, 5.41) is 34.1. The number of nitrogens with one attached hydrogen (secondary N) is 1. The van der Waals surface area contributed by atoms with Gasteiger partial charge in [0.1, 0.15) is 51.7 Å². The standard InChI is InChI=1S/C15H25NO5.C15H23NO5.C15H23NO4.C12H19NO4.C11H17NO2.C10H17NO3.C8H17O5P.C2H6.H2/c2*1-9(17)5-10-6-11-7-20-8-12(13(10)18)16(11)14(19)21-15(2,3)4;1-10(17)5-11-6-12-8-19-9-13(7-11)16(12)14(18)20-15(2,3)4;1-12(2,3)17-11(15)13-8-4-10(14)5-9(13)7-16-6-8;1-8(13)3-9-4-10-6-14-7-11(5-9)12(10)2;1-6(12)2-7-3-8-4-14-5-9(11-8)10(7)13;1-4-11-8(9)7-14(10,12-5-2)13-6-3;1-2;/h10-13,18H,5-8H2,1-4H3;5,11-13,18H,6-8H2,1-4H3;6,12-13H,5,7-9H2,1-4H3;8-9H,4-7H2,1-3H3;3,10-11H,4-7H2,1-2H3;7-11,13H,2-5H2,1H3;4-7H2,1-3H3;1-2H3;1H/b;10-5-;;;;;;;. The number of allylic oxidation sites excluding steroid dienone is 2. The zero-order chi connectivity index (χ0) is 92.4. The molecule has 35 heteroatoms. The number of ketones is 6. The largest absolute Gasteiger partial charge is 0.466 e. The lowest BCUT2D eigenvalue weighted by molar-refractivity contribution is -0.143. The normalized spacial score (nSPS) is 29.0. The molecule has 12 aliphatic heterocycles. The van der Waals surface area contributed by atoms with Crippen LogP contribution in [-0.2, 0) is 99.3 Å². The Balaban J connectivity index is 0.000000304. The van der Waals surface area contributed by atoms with Crippen LogP contribution in [0.5, 0.6) is 0 Å². The van der Waals surface area contributed by atoms with Crippen LogP contribution >= 0.6 is 7.60 Å². The minimum Gasteiger partial charge on any atom is -0.466 e. The van der Waals surface area contributed by atoms with Crippen molar-refractivity contribution in [3.8, 4) is 0 Å². The summed E-state index contributed by atoms with van der Waals surface area (Å²) in [5.74, 6) is 0.102. The third kappa shape index (κ3) is 35.2. The minimum absolute atomic E-state index is 0. The topological polar surface area (TPSA) is 414 Å². The zero-order valence-corrected chi connectivity index (χ0v) is 78.3. The van der Waals surface area contributed by atoms with E-state index in [0.717, 1.165) is 38.0 Å². The number of esters is 1. The summed E-state index contributed by atoms with van der Waals surface area (Å²) in [6.07, 6.45) is 7.96. The van der Waals surface area contributed by atoms with Gasteiger partial charge in [0, 0.05) is 51.7 Å². The molecule has 0 radical (unpaired) electrons. The lowest BCUT2D eigenvalue weighted by atomic mass is 9.80. The molecule has 11 saturated heterocycles. The number of piperidine rings is 5. The fourth-order valence-electron chi connectivity index (χ4n) is 16.8. The van der Waals surface area contributed by atoms with Gasteiger partial charge in [0.05, 0.1) is 172 Å². The Labute approximate surface area is 729 Å². The maximum atomic E-state index is 12.4. The van der Waals surface area contributed by atoms with Gasteiger partial charge in [-0.3, -0.25) is 53.0 Å². The molecule has 11 fully saturated rings. The van der Waals surface area contributed by atoms with Crippen molar-refractivity contribution in [1.29, 1.82) is 0 Å². The number of hydrogen-bond donors (Lipinski definition) is 4. The Bertz CT molecular complexity index is 3620. The number of carbonyl (C=O) groups excluding carboxylic acids is 11. The van der Waals surface area contributed by atoms with Gasteiger partial charge in [0.2, 0.25) is 0 Å². The minimum atomic E-state index is -3.28. The number of likely N-dealkylation sites (N-methyl/N-ethyl adjacent to an activating group) is 1. The van der Waals surface area contributed by atoms with Gasteiger partial charge in [-0.25, -0.2) is 19.2 Å². The predicted octanol–water partition coefficient (Wildman–Crippen LogP) is 10.1. The van der Waals surface area contributed by atoms with Crippen LogP contribution < -0.4 is 5.32 Å². The van der Waals surface area contributed by atoms with Gasteiger partial charge >= 0.3 is 37.9 Å². The van der Waals surface area contributed by atoms with Crippen molar-refractivity contribution in [2.75, 3.05) is 112 Å². The van der Waals surface area contributed by atoms with Crippen LogP contribution in [0.4, 0.5) is 19.2 Å². The average Bonchev–Trinajstić information content (AvgIpc) is 0.778.